The first kappa shape index (κ1) is 59.0. The van der Waals surface area contributed by atoms with E-state index in [4.69, 9.17) is 9.47 Å². The first-order valence-electron chi connectivity index (χ1n) is 31.5. The number of ether oxygens (including phenoxy) is 2. The Morgan fingerprint density at radius 3 is 1.23 bits per heavy atom. The lowest BCUT2D eigenvalue weighted by atomic mass is 9.66. The van der Waals surface area contributed by atoms with Gasteiger partial charge in [-0.1, -0.05) is 313 Å². The van der Waals surface area contributed by atoms with E-state index in [0.29, 0.717) is 13.2 Å². The minimum absolute atomic E-state index is 0.655. The summed E-state index contributed by atoms with van der Waals surface area (Å²) in [5, 5.41) is 10.5. The lowest BCUT2D eigenvalue weighted by Gasteiger charge is -2.35. The molecule has 12 rings (SSSR count). The molecule has 432 valence electrons. The summed E-state index contributed by atoms with van der Waals surface area (Å²) in [6.45, 7) is 10.4. The number of hydrogen-bond donors (Lipinski definition) is 0. The van der Waals surface area contributed by atoms with Crippen molar-refractivity contribution in [1.82, 2.24) is 0 Å². The number of unbranched alkanes of at least 4 members (excludes halogenated alkanes) is 6. The SMILES string of the molecule is CCCCCCOc1ccc(C2(c3ccc(OCCCCCC)c(/C=C/c4ccccc4P(c4ccccc4)c4ccccc4)c3)c3cc(C)ccc3-c3c2cc(C)c2ccccc32)cc1/C=C/c1ccccc1P(c1ccccc1)c1ccccc1. The second-order valence-electron chi connectivity index (χ2n) is 23.1. The number of fused-ring (bicyclic) bond motifs is 5. The molecule has 0 bridgehead atoms. The van der Waals surface area contributed by atoms with Crippen LogP contribution < -0.4 is 41.3 Å². The Labute approximate surface area is 519 Å². The molecule has 11 aromatic rings. The molecule has 2 nitrogen and oxygen atoms in total. The maximum atomic E-state index is 6.96. The Bertz CT molecular complexity index is 3890. The predicted octanol–water partition coefficient (Wildman–Crippen LogP) is 19.6. The standard InChI is InChI=1S/C83H78O2P2/c1-5-7-9-29-55-84-78-53-50-67(59-65(78)48-46-63-31-23-27-43-80(63)86(69-33-15-11-16-34-69)70-35-17-12-18-36-70)83(76-57-61(3)45-52-75(76)82-74-42-26-25-41-73(74)62(4)58-77(82)83)68-51-54-79(85-56-30-10-8-6-2)66(60-68)49-47-64-32-24-28-44-81(64)87(71-37-19-13-20-38-71)72-39-21-14-22-40-72/h11-28,31-54,57-60H,5-10,29-30,55-56H2,1-4H3/b48-46+,49-47+. The van der Waals surface area contributed by atoms with Gasteiger partial charge in [0.1, 0.15) is 11.5 Å². The van der Waals surface area contributed by atoms with Crippen molar-refractivity contribution in [1.29, 1.82) is 0 Å². The summed E-state index contributed by atoms with van der Waals surface area (Å²) in [6, 6.07) is 95.1. The minimum Gasteiger partial charge on any atom is -0.493 e. The molecule has 0 radical (unpaired) electrons. The molecule has 0 saturated heterocycles. The smallest absolute Gasteiger partial charge is 0.126 e. The van der Waals surface area contributed by atoms with Crippen LogP contribution in [-0.4, -0.2) is 13.2 Å². The molecule has 1 aliphatic rings. The van der Waals surface area contributed by atoms with E-state index in [-0.39, 0.29) is 0 Å². The van der Waals surface area contributed by atoms with Gasteiger partial charge in [-0.05, 0) is 159 Å². The summed E-state index contributed by atoms with van der Waals surface area (Å²) in [5.41, 5.74) is 13.7. The summed E-state index contributed by atoms with van der Waals surface area (Å²) in [7, 11) is -1.71. The number of rotatable bonds is 24. The maximum absolute atomic E-state index is 6.96. The van der Waals surface area contributed by atoms with E-state index in [1.165, 1.54) is 124 Å². The van der Waals surface area contributed by atoms with E-state index < -0.39 is 21.3 Å². The van der Waals surface area contributed by atoms with E-state index >= 15 is 0 Å². The molecule has 0 spiro atoms. The lowest BCUT2D eigenvalue weighted by Crippen LogP contribution is -2.29. The van der Waals surface area contributed by atoms with Gasteiger partial charge in [0.15, 0.2) is 0 Å². The highest BCUT2D eigenvalue weighted by Gasteiger charge is 2.47. The first-order valence-corrected chi connectivity index (χ1v) is 34.2. The van der Waals surface area contributed by atoms with Gasteiger partial charge < -0.3 is 9.47 Å². The van der Waals surface area contributed by atoms with E-state index in [0.717, 1.165) is 48.3 Å². The van der Waals surface area contributed by atoms with Crippen molar-refractivity contribution in [3.63, 3.8) is 0 Å². The normalized spacial score (nSPS) is 12.6. The Balaban J connectivity index is 1.07. The van der Waals surface area contributed by atoms with Gasteiger partial charge in [-0.25, -0.2) is 0 Å². The van der Waals surface area contributed by atoms with Crippen molar-refractivity contribution in [2.75, 3.05) is 13.2 Å². The highest BCUT2D eigenvalue weighted by molar-refractivity contribution is 7.80. The zero-order valence-electron chi connectivity index (χ0n) is 50.8. The first-order chi connectivity index (χ1) is 42.9. The molecule has 0 heterocycles. The van der Waals surface area contributed by atoms with Gasteiger partial charge in [-0.3, -0.25) is 0 Å². The van der Waals surface area contributed by atoms with Crippen LogP contribution in [0.1, 0.15) is 121 Å². The molecule has 0 atom stereocenters. The zero-order chi connectivity index (χ0) is 59.4. The van der Waals surface area contributed by atoms with E-state index in [2.05, 4.69) is 307 Å². The molecule has 0 aromatic heterocycles. The van der Waals surface area contributed by atoms with Crippen LogP contribution in [0.25, 0.3) is 46.2 Å². The third-order valence-electron chi connectivity index (χ3n) is 17.2. The molecule has 0 unspecified atom stereocenters. The van der Waals surface area contributed by atoms with Gasteiger partial charge in [0.05, 0.1) is 18.6 Å². The average molecular weight is 1170 g/mol. The van der Waals surface area contributed by atoms with Gasteiger partial charge in [-0.15, -0.1) is 0 Å². The summed E-state index contributed by atoms with van der Waals surface area (Å²) in [4.78, 5) is 0. The fourth-order valence-corrected chi connectivity index (χ4v) is 17.8. The summed E-state index contributed by atoms with van der Waals surface area (Å²) in [6.07, 6.45) is 18.4. The molecule has 11 aromatic carbocycles. The monoisotopic (exact) mass is 1170 g/mol. The summed E-state index contributed by atoms with van der Waals surface area (Å²) < 4.78 is 13.9. The highest BCUT2D eigenvalue weighted by Crippen LogP contribution is 2.59. The minimum atomic E-state index is -0.857. The van der Waals surface area contributed by atoms with Crippen LogP contribution in [0.5, 0.6) is 11.5 Å². The van der Waals surface area contributed by atoms with Gasteiger partial charge in [-0.2, -0.15) is 0 Å². The Morgan fingerprint density at radius 2 is 0.770 bits per heavy atom. The van der Waals surface area contributed by atoms with Crippen molar-refractivity contribution in [3.05, 3.63) is 310 Å². The highest BCUT2D eigenvalue weighted by atomic mass is 31.1. The Hall–Kier alpha value is -8.38. The van der Waals surface area contributed by atoms with E-state index in [1.54, 1.807) is 0 Å². The second-order valence-corrected chi connectivity index (χ2v) is 27.5. The van der Waals surface area contributed by atoms with Crippen molar-refractivity contribution >= 4 is 82.7 Å². The van der Waals surface area contributed by atoms with Gasteiger partial charge in [0, 0.05) is 11.1 Å². The quantitative estimate of drug-likeness (QED) is 0.0341. The van der Waals surface area contributed by atoms with Crippen LogP contribution in [0.15, 0.2) is 255 Å². The molecular weight excluding hydrogens is 1090 g/mol. The zero-order valence-corrected chi connectivity index (χ0v) is 52.6. The number of benzene rings is 11. The lowest BCUT2D eigenvalue weighted by molar-refractivity contribution is 0.304. The average Bonchev–Trinajstić information content (AvgIpc) is 1.57. The molecule has 0 saturated carbocycles. The summed E-state index contributed by atoms with van der Waals surface area (Å²) in [5.74, 6) is 1.79. The molecule has 87 heavy (non-hydrogen) atoms. The largest absolute Gasteiger partial charge is 0.493 e. The van der Waals surface area contributed by atoms with E-state index in [1.807, 2.05) is 0 Å². The summed E-state index contributed by atoms with van der Waals surface area (Å²) >= 11 is 0. The van der Waals surface area contributed by atoms with Crippen LogP contribution in [0.3, 0.4) is 0 Å². The fourth-order valence-electron chi connectivity index (χ4n) is 13.0. The van der Waals surface area contributed by atoms with Crippen LogP contribution >= 0.6 is 15.8 Å². The molecule has 0 N–H and O–H groups in total. The van der Waals surface area contributed by atoms with Gasteiger partial charge in [0.2, 0.25) is 0 Å². The molecule has 4 heteroatoms. The Morgan fingerprint density at radius 1 is 0.356 bits per heavy atom. The third kappa shape index (κ3) is 12.6. The number of hydrogen-bond acceptors (Lipinski definition) is 2. The molecular formula is C83H78O2P2. The van der Waals surface area contributed by atoms with Crippen molar-refractivity contribution in [2.24, 2.45) is 0 Å². The van der Waals surface area contributed by atoms with E-state index in [9.17, 15) is 0 Å². The second kappa shape index (κ2) is 28.0. The molecule has 0 fully saturated rings. The molecule has 1 aliphatic carbocycles. The van der Waals surface area contributed by atoms with Gasteiger partial charge in [0.25, 0.3) is 0 Å². The topological polar surface area (TPSA) is 18.5 Å². The number of aryl methyl sites for hydroxylation is 2. The van der Waals surface area contributed by atoms with Crippen LogP contribution in [-0.2, 0) is 5.41 Å². The van der Waals surface area contributed by atoms with Crippen molar-refractivity contribution in [3.8, 4) is 22.6 Å². The van der Waals surface area contributed by atoms with Crippen LogP contribution in [0, 0.1) is 13.8 Å². The molecule has 0 amide bonds. The van der Waals surface area contributed by atoms with Crippen LogP contribution in [0.2, 0.25) is 0 Å². The fraction of sp³-hybridized carbons (Fsp3) is 0.181. The third-order valence-corrected chi connectivity index (χ3v) is 22.2. The van der Waals surface area contributed by atoms with Crippen LogP contribution in [0.4, 0.5) is 0 Å². The van der Waals surface area contributed by atoms with Gasteiger partial charge >= 0.3 is 0 Å². The Kier molecular flexibility index (Phi) is 19.0. The van der Waals surface area contributed by atoms with Crippen molar-refractivity contribution < 1.29 is 9.47 Å². The molecule has 0 aliphatic heterocycles. The van der Waals surface area contributed by atoms with Crippen molar-refractivity contribution in [2.45, 2.75) is 84.5 Å². The maximum Gasteiger partial charge on any atom is 0.126 e. The predicted molar refractivity (Wildman–Crippen MR) is 378 cm³/mol.